The second kappa shape index (κ2) is 4.82. The minimum absolute atomic E-state index is 0.118. The third-order valence-corrected chi connectivity index (χ3v) is 2.68. The Morgan fingerprint density at radius 1 is 1.33 bits per heavy atom. The van der Waals surface area contributed by atoms with Crippen molar-refractivity contribution in [3.05, 3.63) is 39.9 Å². The topological polar surface area (TPSA) is 107 Å². The fourth-order valence-electron chi connectivity index (χ4n) is 1.45. The fourth-order valence-corrected chi connectivity index (χ4v) is 1.45. The van der Waals surface area contributed by atoms with Crippen LogP contribution in [0.4, 0.5) is 5.69 Å². The Kier molecular flexibility index (Phi) is 3.65. The van der Waals surface area contributed by atoms with Crippen molar-refractivity contribution in [3.63, 3.8) is 0 Å². The molecule has 0 aliphatic rings. The molecule has 7 heteroatoms. The Balaban J connectivity index is 3.27. The van der Waals surface area contributed by atoms with Gasteiger partial charge in [-0.25, -0.2) is 0 Å². The highest BCUT2D eigenvalue weighted by Gasteiger charge is 2.44. The minimum Gasteiger partial charge on any atom is -0.480 e. The number of carbonyl (C=O) groups excluding carboxylic acids is 1. The summed E-state index contributed by atoms with van der Waals surface area (Å²) in [5.41, 5.74) is -1.95. The lowest BCUT2D eigenvalue weighted by Gasteiger charge is -2.21. The normalized spacial score (nSPS) is 13.4. The molecule has 1 unspecified atom stereocenters. The first-order valence-electron chi connectivity index (χ1n) is 4.90. The van der Waals surface area contributed by atoms with Gasteiger partial charge in [-0.1, -0.05) is 12.1 Å². The number of carboxylic acids is 1. The number of ether oxygens (including phenoxy) is 1. The predicted octanol–water partition coefficient (Wildman–Crippen LogP) is 1.11. The predicted molar refractivity (Wildman–Crippen MR) is 60.1 cm³/mol. The van der Waals surface area contributed by atoms with Gasteiger partial charge in [0.1, 0.15) is 0 Å². The van der Waals surface area contributed by atoms with Gasteiger partial charge >= 0.3 is 11.9 Å². The molecule has 1 aromatic rings. The standard InChI is InChI=1S/C11H11NO6/c1-11(9(13)14,10(15)18-2)7-3-5-8(6-4-7)12(16)17/h3-6H,1-2H3,(H,13,14). The number of carboxylic acid groups (broad SMARTS) is 1. The highest BCUT2D eigenvalue weighted by atomic mass is 16.6. The second-order valence-corrected chi connectivity index (χ2v) is 3.73. The first-order chi connectivity index (χ1) is 8.33. The van der Waals surface area contributed by atoms with E-state index in [0.29, 0.717) is 0 Å². The van der Waals surface area contributed by atoms with Crippen molar-refractivity contribution in [3.8, 4) is 0 Å². The van der Waals surface area contributed by atoms with Crippen LogP contribution in [0.3, 0.4) is 0 Å². The van der Waals surface area contributed by atoms with Crippen molar-refractivity contribution in [2.45, 2.75) is 12.3 Å². The van der Waals surface area contributed by atoms with E-state index in [4.69, 9.17) is 5.11 Å². The number of nitro groups is 1. The molecule has 0 aliphatic carbocycles. The van der Waals surface area contributed by atoms with Crippen molar-refractivity contribution in [2.24, 2.45) is 0 Å². The maximum absolute atomic E-state index is 11.6. The Morgan fingerprint density at radius 2 is 1.83 bits per heavy atom. The molecule has 0 heterocycles. The Bertz CT molecular complexity index is 495. The number of esters is 1. The van der Waals surface area contributed by atoms with Crippen molar-refractivity contribution in [1.82, 2.24) is 0 Å². The van der Waals surface area contributed by atoms with Crippen molar-refractivity contribution in [2.75, 3.05) is 7.11 Å². The fraction of sp³-hybridized carbons (Fsp3) is 0.273. The monoisotopic (exact) mass is 253 g/mol. The quantitative estimate of drug-likeness (QED) is 0.373. The maximum Gasteiger partial charge on any atom is 0.327 e. The molecule has 0 fully saturated rings. The lowest BCUT2D eigenvalue weighted by Crippen LogP contribution is -2.41. The third-order valence-electron chi connectivity index (χ3n) is 2.68. The van der Waals surface area contributed by atoms with Crippen molar-refractivity contribution < 1.29 is 24.4 Å². The number of aliphatic carboxylic acids is 1. The van der Waals surface area contributed by atoms with E-state index in [-0.39, 0.29) is 11.3 Å². The SMILES string of the molecule is COC(=O)C(C)(C(=O)O)c1ccc([N+](=O)[O-])cc1. The van der Waals surface area contributed by atoms with Crippen LogP contribution < -0.4 is 0 Å². The van der Waals surface area contributed by atoms with Crippen LogP contribution in [0, 0.1) is 10.1 Å². The van der Waals surface area contributed by atoms with E-state index >= 15 is 0 Å². The Labute approximate surface area is 102 Å². The molecule has 96 valence electrons. The Morgan fingerprint density at radius 3 is 2.17 bits per heavy atom. The number of nitro benzene ring substituents is 1. The highest BCUT2D eigenvalue weighted by Crippen LogP contribution is 2.27. The number of methoxy groups -OCH3 is 1. The van der Waals surface area contributed by atoms with E-state index in [1.54, 1.807) is 0 Å². The van der Waals surface area contributed by atoms with E-state index in [1.807, 2.05) is 0 Å². The number of nitrogens with zero attached hydrogens (tertiary/aromatic N) is 1. The summed E-state index contributed by atoms with van der Waals surface area (Å²) >= 11 is 0. The molecule has 18 heavy (non-hydrogen) atoms. The molecule has 0 amide bonds. The van der Waals surface area contributed by atoms with Gasteiger partial charge in [-0.15, -0.1) is 0 Å². The summed E-state index contributed by atoms with van der Waals surface area (Å²) in [4.78, 5) is 32.6. The molecule has 1 atom stereocenters. The van der Waals surface area contributed by atoms with Gasteiger partial charge in [0.05, 0.1) is 12.0 Å². The Hall–Kier alpha value is -2.44. The van der Waals surface area contributed by atoms with Gasteiger partial charge in [-0.2, -0.15) is 0 Å². The molecule has 0 bridgehead atoms. The first kappa shape index (κ1) is 13.6. The first-order valence-corrected chi connectivity index (χ1v) is 4.90. The summed E-state index contributed by atoms with van der Waals surface area (Å²) in [6.07, 6.45) is 0. The molecule has 0 radical (unpaired) electrons. The number of non-ortho nitro benzene ring substituents is 1. The van der Waals surface area contributed by atoms with Crippen LogP contribution in [0.15, 0.2) is 24.3 Å². The molecule has 7 nitrogen and oxygen atoms in total. The summed E-state index contributed by atoms with van der Waals surface area (Å²) in [6.45, 7) is 1.18. The van der Waals surface area contributed by atoms with Crippen molar-refractivity contribution >= 4 is 17.6 Å². The molecule has 1 aromatic carbocycles. The molecular weight excluding hydrogens is 242 g/mol. The molecule has 0 spiro atoms. The van der Waals surface area contributed by atoms with E-state index < -0.39 is 22.3 Å². The second-order valence-electron chi connectivity index (χ2n) is 3.73. The summed E-state index contributed by atoms with van der Waals surface area (Å²) in [5.74, 6) is -2.33. The third kappa shape index (κ3) is 2.15. The molecule has 0 aliphatic heterocycles. The van der Waals surface area contributed by atoms with E-state index in [0.717, 1.165) is 19.2 Å². The average Bonchev–Trinajstić information content (AvgIpc) is 2.36. The lowest BCUT2D eigenvalue weighted by atomic mass is 9.82. The number of rotatable bonds is 4. The largest absolute Gasteiger partial charge is 0.480 e. The van der Waals surface area contributed by atoms with Gasteiger partial charge in [0.2, 0.25) is 0 Å². The molecule has 0 saturated heterocycles. The van der Waals surface area contributed by atoms with Gasteiger partial charge in [0.25, 0.3) is 5.69 Å². The highest BCUT2D eigenvalue weighted by molar-refractivity contribution is 6.05. The summed E-state index contributed by atoms with van der Waals surface area (Å²) in [6, 6.07) is 4.73. The van der Waals surface area contributed by atoms with Gasteiger partial charge in [-0.3, -0.25) is 19.7 Å². The van der Waals surface area contributed by atoms with E-state index in [9.17, 15) is 19.7 Å². The molecule has 1 rings (SSSR count). The van der Waals surface area contributed by atoms with Crippen LogP contribution in [0.2, 0.25) is 0 Å². The lowest BCUT2D eigenvalue weighted by molar-refractivity contribution is -0.384. The van der Waals surface area contributed by atoms with E-state index in [2.05, 4.69) is 4.74 Å². The molecular formula is C11H11NO6. The maximum atomic E-state index is 11.6. The smallest absolute Gasteiger partial charge is 0.327 e. The number of hydrogen-bond donors (Lipinski definition) is 1. The van der Waals surface area contributed by atoms with Crippen molar-refractivity contribution in [1.29, 1.82) is 0 Å². The zero-order valence-corrected chi connectivity index (χ0v) is 9.75. The molecule has 1 N–H and O–H groups in total. The zero-order valence-electron chi connectivity index (χ0n) is 9.75. The van der Waals surface area contributed by atoms with Crippen LogP contribution in [-0.2, 0) is 19.7 Å². The molecule has 0 aromatic heterocycles. The number of carbonyl (C=O) groups is 2. The van der Waals surface area contributed by atoms with Crippen LogP contribution in [0.25, 0.3) is 0 Å². The number of benzene rings is 1. The van der Waals surface area contributed by atoms with Gasteiger partial charge < -0.3 is 9.84 Å². The number of hydrogen-bond acceptors (Lipinski definition) is 5. The van der Waals surface area contributed by atoms with Crippen LogP contribution >= 0.6 is 0 Å². The minimum atomic E-state index is -1.89. The summed E-state index contributed by atoms with van der Waals surface area (Å²) in [7, 11) is 1.08. The van der Waals surface area contributed by atoms with Gasteiger partial charge in [-0.05, 0) is 12.5 Å². The van der Waals surface area contributed by atoms with Crippen LogP contribution in [0.1, 0.15) is 12.5 Å². The van der Waals surface area contributed by atoms with Crippen LogP contribution in [-0.4, -0.2) is 29.1 Å². The summed E-state index contributed by atoms with van der Waals surface area (Å²) < 4.78 is 4.46. The van der Waals surface area contributed by atoms with Gasteiger partial charge in [0.15, 0.2) is 5.41 Å². The van der Waals surface area contributed by atoms with Crippen LogP contribution in [0.5, 0.6) is 0 Å². The summed E-state index contributed by atoms with van der Waals surface area (Å²) in [5, 5.41) is 19.6. The zero-order chi connectivity index (χ0) is 13.9. The molecule has 0 saturated carbocycles. The van der Waals surface area contributed by atoms with Gasteiger partial charge in [0, 0.05) is 12.1 Å². The average molecular weight is 253 g/mol. The van der Waals surface area contributed by atoms with E-state index in [1.165, 1.54) is 19.1 Å².